The molecular formula is C7H10N2O5S2. The van der Waals surface area contributed by atoms with E-state index >= 15 is 0 Å². The van der Waals surface area contributed by atoms with Crippen LogP contribution >= 0.6 is 0 Å². The lowest BCUT2D eigenvalue weighted by molar-refractivity contribution is 0.483. The lowest BCUT2D eigenvalue weighted by Gasteiger charge is -2.10. The first kappa shape index (κ1) is 12.7. The van der Waals surface area contributed by atoms with Gasteiger partial charge in [-0.3, -0.25) is 4.55 Å². The Hall–Kier alpha value is -1.32. The van der Waals surface area contributed by atoms with Gasteiger partial charge in [0.05, 0.1) is 11.4 Å². The Bertz CT molecular complexity index is 633. The van der Waals surface area contributed by atoms with Gasteiger partial charge in [-0.1, -0.05) is 0 Å². The van der Waals surface area contributed by atoms with Crippen molar-refractivity contribution in [2.24, 2.45) is 0 Å². The van der Waals surface area contributed by atoms with Gasteiger partial charge in [-0.2, -0.15) is 8.42 Å². The van der Waals surface area contributed by atoms with Gasteiger partial charge in [0, 0.05) is 6.26 Å². The fourth-order valence-electron chi connectivity index (χ4n) is 1.24. The van der Waals surface area contributed by atoms with Crippen molar-refractivity contribution in [2.45, 2.75) is 9.79 Å². The van der Waals surface area contributed by atoms with Gasteiger partial charge in [-0.05, 0) is 12.1 Å². The zero-order valence-corrected chi connectivity index (χ0v) is 9.84. The number of nitrogens with two attached hydrogens (primary N) is 2. The Kier molecular flexibility index (Phi) is 2.88. The standard InChI is InChI=1S/C7H10N2O5S2/c1-15(10,11)7-4(8)2-3-5(6(7)9)16(12,13)14/h2-3H,8-9H2,1H3,(H,12,13,14). The van der Waals surface area contributed by atoms with E-state index < -0.39 is 35.4 Å². The first-order valence-corrected chi connectivity index (χ1v) is 7.24. The van der Waals surface area contributed by atoms with E-state index in [0.29, 0.717) is 0 Å². The highest BCUT2D eigenvalue weighted by molar-refractivity contribution is 7.91. The number of rotatable bonds is 2. The van der Waals surface area contributed by atoms with E-state index in [-0.39, 0.29) is 5.69 Å². The topological polar surface area (TPSA) is 141 Å². The summed E-state index contributed by atoms with van der Waals surface area (Å²) in [6.07, 6.45) is 0.836. The SMILES string of the molecule is CS(=O)(=O)c1c(N)ccc(S(=O)(=O)O)c1N. The molecule has 0 atom stereocenters. The maximum Gasteiger partial charge on any atom is 0.296 e. The summed E-state index contributed by atoms with van der Waals surface area (Å²) in [4.78, 5) is -1.18. The van der Waals surface area contributed by atoms with Crippen LogP contribution in [0.25, 0.3) is 0 Å². The Morgan fingerprint density at radius 1 is 1.12 bits per heavy atom. The Balaban J connectivity index is 3.79. The fourth-order valence-corrected chi connectivity index (χ4v) is 2.93. The largest absolute Gasteiger partial charge is 0.398 e. The van der Waals surface area contributed by atoms with Crippen molar-refractivity contribution in [1.29, 1.82) is 0 Å². The van der Waals surface area contributed by atoms with Gasteiger partial charge in [-0.25, -0.2) is 8.42 Å². The summed E-state index contributed by atoms with van der Waals surface area (Å²) in [7, 11) is -8.35. The molecule has 16 heavy (non-hydrogen) atoms. The first-order chi connectivity index (χ1) is 7.05. The first-order valence-electron chi connectivity index (χ1n) is 3.90. The number of nitrogen functional groups attached to an aromatic ring is 2. The van der Waals surface area contributed by atoms with Gasteiger partial charge in [0.1, 0.15) is 9.79 Å². The van der Waals surface area contributed by atoms with Crippen LogP contribution in [0.5, 0.6) is 0 Å². The maximum absolute atomic E-state index is 11.3. The Morgan fingerprint density at radius 2 is 1.62 bits per heavy atom. The zero-order valence-electron chi connectivity index (χ0n) is 8.21. The van der Waals surface area contributed by atoms with E-state index in [1.807, 2.05) is 0 Å². The van der Waals surface area contributed by atoms with Crippen molar-refractivity contribution in [2.75, 3.05) is 17.7 Å². The highest BCUT2D eigenvalue weighted by Gasteiger charge is 2.23. The predicted octanol–water partition coefficient (Wildman–Crippen LogP) is -0.499. The molecule has 1 aromatic rings. The van der Waals surface area contributed by atoms with Crippen molar-refractivity contribution in [3.8, 4) is 0 Å². The van der Waals surface area contributed by atoms with Crippen molar-refractivity contribution in [3.63, 3.8) is 0 Å². The van der Waals surface area contributed by atoms with Crippen LogP contribution < -0.4 is 11.5 Å². The molecule has 5 N–H and O–H groups in total. The summed E-state index contributed by atoms with van der Waals surface area (Å²) in [5, 5.41) is 0. The fraction of sp³-hybridized carbons (Fsp3) is 0.143. The second-order valence-electron chi connectivity index (χ2n) is 3.14. The third-order valence-electron chi connectivity index (χ3n) is 1.84. The zero-order chi connectivity index (χ0) is 12.7. The molecule has 7 nitrogen and oxygen atoms in total. The molecule has 0 unspecified atom stereocenters. The summed E-state index contributed by atoms with van der Waals surface area (Å²) in [6.45, 7) is 0. The quantitative estimate of drug-likeness (QED) is 0.484. The van der Waals surface area contributed by atoms with Crippen molar-refractivity contribution >= 4 is 31.3 Å². The summed E-state index contributed by atoms with van der Waals surface area (Å²) in [5.74, 6) is 0. The van der Waals surface area contributed by atoms with Gasteiger partial charge < -0.3 is 11.5 Å². The summed E-state index contributed by atoms with van der Waals surface area (Å²) in [6, 6.07) is 1.99. The van der Waals surface area contributed by atoms with Crippen LogP contribution in [-0.4, -0.2) is 27.6 Å². The molecule has 0 fully saturated rings. The summed E-state index contributed by atoms with van der Waals surface area (Å²) in [5.41, 5.74) is 9.99. The molecule has 0 bridgehead atoms. The minimum absolute atomic E-state index is 0.174. The third kappa shape index (κ3) is 2.26. The monoisotopic (exact) mass is 266 g/mol. The van der Waals surface area contributed by atoms with Gasteiger partial charge >= 0.3 is 0 Å². The summed E-state index contributed by atoms with van der Waals surface area (Å²) < 4.78 is 53.2. The third-order valence-corrected chi connectivity index (χ3v) is 3.94. The lowest BCUT2D eigenvalue weighted by Crippen LogP contribution is -2.11. The second kappa shape index (κ2) is 3.61. The molecule has 0 spiro atoms. The number of hydrogen-bond donors (Lipinski definition) is 3. The van der Waals surface area contributed by atoms with Crippen LogP contribution in [0.15, 0.2) is 21.9 Å². The van der Waals surface area contributed by atoms with Crippen LogP contribution in [0, 0.1) is 0 Å². The average molecular weight is 266 g/mol. The predicted molar refractivity (Wildman–Crippen MR) is 58.2 cm³/mol. The van der Waals surface area contributed by atoms with E-state index in [4.69, 9.17) is 16.0 Å². The molecule has 0 saturated carbocycles. The number of benzene rings is 1. The highest BCUT2D eigenvalue weighted by atomic mass is 32.2. The van der Waals surface area contributed by atoms with Crippen molar-refractivity contribution in [3.05, 3.63) is 12.1 Å². The molecule has 0 aromatic heterocycles. The normalized spacial score (nSPS) is 12.6. The van der Waals surface area contributed by atoms with Gasteiger partial charge in [0.2, 0.25) is 0 Å². The van der Waals surface area contributed by atoms with Crippen LogP contribution in [0.3, 0.4) is 0 Å². The average Bonchev–Trinajstić information content (AvgIpc) is 1.97. The highest BCUT2D eigenvalue weighted by Crippen LogP contribution is 2.30. The van der Waals surface area contributed by atoms with E-state index in [0.717, 1.165) is 18.4 Å². The van der Waals surface area contributed by atoms with Gasteiger partial charge in [0.25, 0.3) is 10.1 Å². The molecule has 0 saturated heterocycles. The van der Waals surface area contributed by atoms with Crippen LogP contribution in [0.4, 0.5) is 11.4 Å². The van der Waals surface area contributed by atoms with Crippen LogP contribution in [0.2, 0.25) is 0 Å². The number of hydrogen-bond acceptors (Lipinski definition) is 6. The van der Waals surface area contributed by atoms with E-state index in [9.17, 15) is 16.8 Å². The van der Waals surface area contributed by atoms with E-state index in [2.05, 4.69) is 0 Å². The minimum Gasteiger partial charge on any atom is -0.398 e. The molecule has 1 rings (SSSR count). The van der Waals surface area contributed by atoms with E-state index in [1.165, 1.54) is 0 Å². The Labute approximate surface area is 92.7 Å². The lowest BCUT2D eigenvalue weighted by atomic mass is 10.3. The van der Waals surface area contributed by atoms with Crippen LogP contribution in [0.1, 0.15) is 0 Å². The minimum atomic E-state index is -4.58. The second-order valence-corrected chi connectivity index (χ2v) is 6.49. The molecular weight excluding hydrogens is 256 g/mol. The molecule has 90 valence electrons. The van der Waals surface area contributed by atoms with Crippen LogP contribution in [-0.2, 0) is 20.0 Å². The number of anilines is 2. The smallest absolute Gasteiger partial charge is 0.296 e. The molecule has 0 radical (unpaired) electrons. The molecule has 0 amide bonds. The van der Waals surface area contributed by atoms with Crippen molar-refractivity contribution in [1.82, 2.24) is 0 Å². The summed E-state index contributed by atoms with van der Waals surface area (Å²) >= 11 is 0. The molecule has 0 aliphatic heterocycles. The van der Waals surface area contributed by atoms with Gasteiger partial charge in [0.15, 0.2) is 9.84 Å². The van der Waals surface area contributed by atoms with E-state index in [1.54, 1.807) is 0 Å². The molecule has 9 heteroatoms. The maximum atomic E-state index is 11.3. The molecule has 0 aliphatic rings. The van der Waals surface area contributed by atoms with Crippen molar-refractivity contribution < 1.29 is 21.4 Å². The number of sulfone groups is 1. The molecule has 1 aromatic carbocycles. The molecule has 0 aliphatic carbocycles. The Morgan fingerprint density at radius 3 is 2.00 bits per heavy atom. The van der Waals surface area contributed by atoms with Gasteiger partial charge in [-0.15, -0.1) is 0 Å². The molecule has 0 heterocycles.